The standard InChI is InChI=1S/C31H36N2O2.C4H4O4/c34-31-29-13-6-4-12-28(29)24-33(31)23-26-17-20-32(21-18-26)19-8-22-35-30-14-7-5-11-27(30)16-15-25-9-2-1-3-10-25;5-3(6)1-2-4(7)8/h1-7,9-14,26H,8,15-24H2;1-2H,(H,5,6)(H,7,8)/b;2-1+. The van der Waals surface area contributed by atoms with Gasteiger partial charge in [0, 0.05) is 37.3 Å². The number of carbonyl (C=O) groups is 3. The summed E-state index contributed by atoms with van der Waals surface area (Å²) in [6, 6.07) is 27.1. The van der Waals surface area contributed by atoms with Gasteiger partial charge in [0.2, 0.25) is 0 Å². The zero-order valence-electron chi connectivity index (χ0n) is 24.4. The molecule has 1 amide bonds. The number of fused-ring (bicyclic) bond motifs is 1. The van der Waals surface area contributed by atoms with Gasteiger partial charge >= 0.3 is 11.9 Å². The average Bonchev–Trinajstić information content (AvgIpc) is 3.34. The highest BCUT2D eigenvalue weighted by atomic mass is 16.5. The van der Waals surface area contributed by atoms with E-state index in [0.717, 1.165) is 69.9 Å². The maximum absolute atomic E-state index is 12.7. The fourth-order valence-electron chi connectivity index (χ4n) is 5.55. The topological polar surface area (TPSA) is 107 Å². The Morgan fingerprint density at radius 2 is 1.49 bits per heavy atom. The van der Waals surface area contributed by atoms with Gasteiger partial charge < -0.3 is 24.7 Å². The zero-order valence-corrected chi connectivity index (χ0v) is 24.4. The van der Waals surface area contributed by atoms with E-state index in [0.29, 0.717) is 18.1 Å². The molecular weight excluding hydrogens is 544 g/mol. The number of carbonyl (C=O) groups excluding carboxylic acids is 1. The minimum Gasteiger partial charge on any atom is -0.493 e. The van der Waals surface area contributed by atoms with Crippen LogP contribution in [0.3, 0.4) is 0 Å². The van der Waals surface area contributed by atoms with Gasteiger partial charge in [-0.2, -0.15) is 0 Å². The van der Waals surface area contributed by atoms with Gasteiger partial charge in [-0.05, 0) is 79.9 Å². The summed E-state index contributed by atoms with van der Waals surface area (Å²) in [4.78, 5) is 36.4. The van der Waals surface area contributed by atoms with Crippen LogP contribution < -0.4 is 4.74 Å². The predicted molar refractivity (Wildman–Crippen MR) is 165 cm³/mol. The summed E-state index contributed by atoms with van der Waals surface area (Å²) in [5, 5.41) is 15.6. The fraction of sp³-hybridized carbons (Fsp3) is 0.343. The van der Waals surface area contributed by atoms with Crippen LogP contribution in [0.15, 0.2) is 91.0 Å². The van der Waals surface area contributed by atoms with E-state index in [4.69, 9.17) is 14.9 Å². The van der Waals surface area contributed by atoms with Crippen LogP contribution in [0, 0.1) is 5.92 Å². The Bertz CT molecular complexity index is 1370. The lowest BCUT2D eigenvalue weighted by atomic mass is 9.96. The number of aryl methyl sites for hydroxylation is 2. The van der Waals surface area contributed by atoms with E-state index in [-0.39, 0.29) is 5.91 Å². The molecule has 8 heteroatoms. The van der Waals surface area contributed by atoms with Gasteiger partial charge in [-0.25, -0.2) is 9.59 Å². The van der Waals surface area contributed by atoms with Crippen molar-refractivity contribution in [2.75, 3.05) is 32.8 Å². The van der Waals surface area contributed by atoms with Gasteiger partial charge in [0.05, 0.1) is 6.61 Å². The molecule has 0 spiro atoms. The Hall–Kier alpha value is -4.43. The average molecular weight is 585 g/mol. The van der Waals surface area contributed by atoms with Crippen molar-refractivity contribution < 1.29 is 29.3 Å². The summed E-state index contributed by atoms with van der Waals surface area (Å²) < 4.78 is 6.20. The third-order valence-electron chi connectivity index (χ3n) is 7.83. The molecule has 0 saturated carbocycles. The number of amides is 1. The molecule has 226 valence electrons. The zero-order chi connectivity index (χ0) is 30.4. The van der Waals surface area contributed by atoms with Gasteiger partial charge in [0.25, 0.3) is 5.91 Å². The molecule has 0 unspecified atom stereocenters. The first-order valence-corrected chi connectivity index (χ1v) is 14.9. The summed E-state index contributed by atoms with van der Waals surface area (Å²) in [6.07, 6.45) is 6.53. The summed E-state index contributed by atoms with van der Waals surface area (Å²) >= 11 is 0. The number of hydrogen-bond donors (Lipinski definition) is 2. The Kier molecular flexibility index (Phi) is 11.9. The van der Waals surface area contributed by atoms with Gasteiger partial charge in [0.15, 0.2) is 0 Å². The molecule has 0 bridgehead atoms. The van der Waals surface area contributed by atoms with Crippen LogP contribution >= 0.6 is 0 Å². The van der Waals surface area contributed by atoms with Crippen molar-refractivity contribution in [3.63, 3.8) is 0 Å². The molecule has 3 aromatic carbocycles. The number of para-hydroxylation sites is 1. The lowest BCUT2D eigenvalue weighted by Crippen LogP contribution is -2.39. The molecule has 0 aromatic heterocycles. The van der Waals surface area contributed by atoms with E-state index in [1.165, 1.54) is 29.5 Å². The van der Waals surface area contributed by atoms with Gasteiger partial charge in [-0.3, -0.25) is 4.79 Å². The molecule has 2 N–H and O–H groups in total. The summed E-state index contributed by atoms with van der Waals surface area (Å²) in [6.45, 7) is 5.74. The smallest absolute Gasteiger partial charge is 0.328 e. The Balaban J connectivity index is 0.000000467. The number of carboxylic acids is 2. The van der Waals surface area contributed by atoms with E-state index >= 15 is 0 Å². The number of likely N-dealkylation sites (tertiary alicyclic amines) is 1. The van der Waals surface area contributed by atoms with Gasteiger partial charge in [-0.15, -0.1) is 0 Å². The SMILES string of the molecule is O=C(O)/C=C/C(=O)O.O=C1c2ccccc2CN1CC1CCN(CCCOc2ccccc2CCc2ccccc2)CC1. The first-order chi connectivity index (χ1) is 20.9. The van der Waals surface area contributed by atoms with Crippen LogP contribution in [0.25, 0.3) is 0 Å². The molecule has 0 radical (unpaired) electrons. The van der Waals surface area contributed by atoms with Crippen molar-refractivity contribution in [2.45, 2.75) is 38.6 Å². The normalized spacial score (nSPS) is 15.2. The Morgan fingerprint density at radius 1 is 0.837 bits per heavy atom. The Morgan fingerprint density at radius 3 is 2.19 bits per heavy atom. The van der Waals surface area contributed by atoms with Crippen molar-refractivity contribution in [1.82, 2.24) is 9.80 Å². The van der Waals surface area contributed by atoms with Crippen LogP contribution in [-0.2, 0) is 29.0 Å². The number of piperidine rings is 1. The molecule has 43 heavy (non-hydrogen) atoms. The molecule has 8 nitrogen and oxygen atoms in total. The number of aliphatic carboxylic acids is 2. The lowest BCUT2D eigenvalue weighted by molar-refractivity contribution is -0.134. The van der Waals surface area contributed by atoms with Crippen molar-refractivity contribution in [3.8, 4) is 5.75 Å². The fourth-order valence-corrected chi connectivity index (χ4v) is 5.55. The molecule has 2 heterocycles. The largest absolute Gasteiger partial charge is 0.493 e. The minimum absolute atomic E-state index is 0.212. The second-order valence-corrected chi connectivity index (χ2v) is 10.9. The van der Waals surface area contributed by atoms with E-state index < -0.39 is 11.9 Å². The van der Waals surface area contributed by atoms with Crippen LogP contribution in [0.1, 0.15) is 46.3 Å². The lowest BCUT2D eigenvalue weighted by Gasteiger charge is -2.33. The van der Waals surface area contributed by atoms with E-state index in [9.17, 15) is 14.4 Å². The summed E-state index contributed by atoms with van der Waals surface area (Å²) in [5.74, 6) is -0.667. The van der Waals surface area contributed by atoms with Crippen molar-refractivity contribution in [1.29, 1.82) is 0 Å². The van der Waals surface area contributed by atoms with Crippen LogP contribution in [0.4, 0.5) is 0 Å². The second kappa shape index (κ2) is 16.3. The third kappa shape index (κ3) is 10.1. The maximum Gasteiger partial charge on any atom is 0.328 e. The molecule has 0 atom stereocenters. The highest BCUT2D eigenvalue weighted by Crippen LogP contribution is 2.26. The summed E-state index contributed by atoms with van der Waals surface area (Å²) in [7, 11) is 0. The molecule has 1 saturated heterocycles. The van der Waals surface area contributed by atoms with E-state index in [1.54, 1.807) is 0 Å². The second-order valence-electron chi connectivity index (χ2n) is 10.9. The van der Waals surface area contributed by atoms with Crippen molar-refractivity contribution in [3.05, 3.63) is 113 Å². The summed E-state index contributed by atoms with van der Waals surface area (Å²) in [5.41, 5.74) is 4.73. The molecule has 3 aromatic rings. The van der Waals surface area contributed by atoms with Gasteiger partial charge in [0.1, 0.15) is 5.75 Å². The van der Waals surface area contributed by atoms with E-state index in [1.807, 2.05) is 23.1 Å². The Labute approximate surface area is 253 Å². The molecule has 1 fully saturated rings. The molecule has 2 aliphatic rings. The number of hydrogen-bond acceptors (Lipinski definition) is 5. The minimum atomic E-state index is -1.26. The number of rotatable bonds is 12. The number of carboxylic acid groups (broad SMARTS) is 2. The highest BCUT2D eigenvalue weighted by molar-refractivity contribution is 5.98. The van der Waals surface area contributed by atoms with Crippen LogP contribution in [0.2, 0.25) is 0 Å². The van der Waals surface area contributed by atoms with E-state index in [2.05, 4.69) is 65.6 Å². The molecule has 5 rings (SSSR count). The quantitative estimate of drug-likeness (QED) is 0.219. The monoisotopic (exact) mass is 584 g/mol. The highest BCUT2D eigenvalue weighted by Gasteiger charge is 2.30. The molecular formula is C35H40N2O6. The van der Waals surface area contributed by atoms with Crippen LogP contribution in [0.5, 0.6) is 5.75 Å². The molecule has 2 aliphatic heterocycles. The van der Waals surface area contributed by atoms with Crippen LogP contribution in [-0.4, -0.2) is 70.6 Å². The first-order valence-electron chi connectivity index (χ1n) is 14.9. The predicted octanol–water partition coefficient (Wildman–Crippen LogP) is 5.32. The third-order valence-corrected chi connectivity index (χ3v) is 7.83. The maximum atomic E-state index is 12.7. The van der Waals surface area contributed by atoms with Crippen molar-refractivity contribution in [2.24, 2.45) is 5.92 Å². The molecule has 0 aliphatic carbocycles. The number of benzene rings is 3. The number of nitrogens with zero attached hydrogens (tertiary/aromatic N) is 2. The van der Waals surface area contributed by atoms with Gasteiger partial charge in [-0.1, -0.05) is 66.7 Å². The van der Waals surface area contributed by atoms with Crippen molar-refractivity contribution >= 4 is 17.8 Å². The first kappa shape index (κ1) is 31.5. The number of ether oxygens (including phenoxy) is 1.